The van der Waals surface area contributed by atoms with E-state index >= 15 is 0 Å². The summed E-state index contributed by atoms with van der Waals surface area (Å²) in [4.78, 5) is 25.0. The van der Waals surface area contributed by atoms with Crippen LogP contribution in [0.15, 0.2) is 24.3 Å². The summed E-state index contributed by atoms with van der Waals surface area (Å²) in [5, 5.41) is 2.57. The first kappa shape index (κ1) is 13.0. The molecule has 0 spiro atoms. The van der Waals surface area contributed by atoms with Crippen molar-refractivity contribution in [3.05, 3.63) is 29.8 Å². The van der Waals surface area contributed by atoms with Gasteiger partial charge in [-0.1, -0.05) is 0 Å². The van der Waals surface area contributed by atoms with Crippen LogP contribution in [-0.2, 0) is 4.79 Å². The van der Waals surface area contributed by atoms with Gasteiger partial charge in [0.25, 0.3) is 5.91 Å². The Morgan fingerprint density at radius 2 is 2.11 bits per heavy atom. The lowest BCUT2D eigenvalue weighted by molar-refractivity contribution is -0.117. The van der Waals surface area contributed by atoms with Crippen LogP contribution in [0.4, 0.5) is 5.69 Å². The molecule has 1 saturated heterocycles. The quantitative estimate of drug-likeness (QED) is 0.809. The Bertz CT molecular complexity index is 459. The van der Waals surface area contributed by atoms with Crippen LogP contribution in [0.3, 0.4) is 0 Å². The molecule has 5 heteroatoms. The van der Waals surface area contributed by atoms with Crippen LogP contribution in [0, 0.1) is 5.92 Å². The van der Waals surface area contributed by atoms with Crippen LogP contribution in [0.2, 0.25) is 0 Å². The molecule has 0 saturated carbocycles. The van der Waals surface area contributed by atoms with Crippen LogP contribution in [-0.4, -0.2) is 31.2 Å². The molecule has 0 radical (unpaired) electrons. The van der Waals surface area contributed by atoms with Crippen molar-refractivity contribution in [3.63, 3.8) is 0 Å². The highest BCUT2D eigenvalue weighted by molar-refractivity contribution is 7.80. The predicted molar refractivity (Wildman–Crippen MR) is 74.1 cm³/mol. The molecule has 0 aromatic heterocycles. The number of thiol groups is 1. The van der Waals surface area contributed by atoms with Crippen molar-refractivity contribution in [2.24, 2.45) is 5.92 Å². The van der Waals surface area contributed by atoms with Gasteiger partial charge in [0, 0.05) is 31.3 Å². The van der Waals surface area contributed by atoms with Crippen molar-refractivity contribution >= 4 is 30.1 Å². The molecule has 4 nitrogen and oxygen atoms in total. The number of hydrogen-bond acceptors (Lipinski definition) is 3. The molecule has 1 aliphatic heterocycles. The molecule has 96 valence electrons. The maximum absolute atomic E-state index is 11.8. The van der Waals surface area contributed by atoms with E-state index in [-0.39, 0.29) is 11.8 Å². The molecule has 2 rings (SSSR count). The number of rotatable bonds is 3. The summed E-state index contributed by atoms with van der Waals surface area (Å²) in [6, 6.07) is 7.08. The fraction of sp³-hybridized carbons (Fsp3) is 0.385. The first-order chi connectivity index (χ1) is 8.65. The molecule has 1 atom stereocenters. The number of carbonyl (C=O) groups is 2. The summed E-state index contributed by atoms with van der Waals surface area (Å²) in [5.41, 5.74) is 1.44. The lowest BCUT2D eigenvalue weighted by atomic mass is 10.1. The van der Waals surface area contributed by atoms with Crippen molar-refractivity contribution in [2.75, 3.05) is 24.2 Å². The predicted octanol–water partition coefficient (Wildman–Crippen LogP) is 1.33. The minimum atomic E-state index is -0.123. The van der Waals surface area contributed by atoms with Crippen molar-refractivity contribution < 1.29 is 9.59 Å². The van der Waals surface area contributed by atoms with Gasteiger partial charge in [0.15, 0.2) is 0 Å². The molecular formula is C13H16N2O2S. The van der Waals surface area contributed by atoms with Crippen molar-refractivity contribution in [1.82, 2.24) is 5.32 Å². The second-order valence-corrected chi connectivity index (χ2v) is 4.75. The van der Waals surface area contributed by atoms with Crippen LogP contribution in [0.25, 0.3) is 0 Å². The molecular weight excluding hydrogens is 248 g/mol. The van der Waals surface area contributed by atoms with Crippen LogP contribution >= 0.6 is 12.6 Å². The van der Waals surface area contributed by atoms with Crippen LogP contribution < -0.4 is 10.2 Å². The van der Waals surface area contributed by atoms with E-state index in [2.05, 4.69) is 17.9 Å². The minimum absolute atomic E-state index is 0.123. The highest BCUT2D eigenvalue weighted by atomic mass is 32.1. The largest absolute Gasteiger partial charge is 0.355 e. The molecule has 1 N–H and O–H groups in total. The number of nitrogens with one attached hydrogen (secondary N) is 1. The number of anilines is 1. The topological polar surface area (TPSA) is 49.4 Å². The maximum atomic E-state index is 11.8. The number of amides is 2. The fourth-order valence-corrected chi connectivity index (χ4v) is 2.34. The molecule has 1 aromatic carbocycles. The van der Waals surface area contributed by atoms with Gasteiger partial charge in [0.05, 0.1) is 0 Å². The highest BCUT2D eigenvalue weighted by Crippen LogP contribution is 2.25. The van der Waals surface area contributed by atoms with E-state index in [9.17, 15) is 9.59 Å². The molecule has 0 bridgehead atoms. The van der Waals surface area contributed by atoms with Crippen LogP contribution in [0.1, 0.15) is 16.8 Å². The van der Waals surface area contributed by atoms with E-state index in [4.69, 9.17) is 0 Å². The number of carbonyl (C=O) groups excluding carboxylic acids is 2. The Labute approximate surface area is 112 Å². The molecule has 0 aliphatic carbocycles. The highest BCUT2D eigenvalue weighted by Gasteiger charge is 2.29. The smallest absolute Gasteiger partial charge is 0.251 e. The fourth-order valence-electron chi connectivity index (χ4n) is 2.09. The average molecular weight is 264 g/mol. The van der Waals surface area contributed by atoms with E-state index in [0.717, 1.165) is 11.4 Å². The second kappa shape index (κ2) is 5.44. The molecule has 1 aromatic rings. The van der Waals surface area contributed by atoms with E-state index in [1.165, 1.54) is 0 Å². The Morgan fingerprint density at radius 3 is 2.61 bits per heavy atom. The third-order valence-electron chi connectivity index (χ3n) is 3.13. The van der Waals surface area contributed by atoms with Crippen molar-refractivity contribution in [2.45, 2.75) is 6.42 Å². The molecule has 2 amide bonds. The zero-order chi connectivity index (χ0) is 13.1. The van der Waals surface area contributed by atoms with E-state index in [1.807, 2.05) is 12.1 Å². The standard InChI is InChI=1S/C13H16N2O2S/c1-14-13(17)10-2-4-11(5-3-10)15-7-9(8-18)6-12(15)16/h2-5,9,18H,6-8H2,1H3,(H,14,17). The van der Waals surface area contributed by atoms with Gasteiger partial charge in [-0.15, -0.1) is 0 Å². The summed E-state index contributed by atoms with van der Waals surface area (Å²) in [6.07, 6.45) is 0.556. The average Bonchev–Trinajstić information content (AvgIpc) is 2.79. The zero-order valence-corrected chi connectivity index (χ0v) is 11.1. The van der Waals surface area contributed by atoms with E-state index in [1.54, 1.807) is 24.1 Å². The van der Waals surface area contributed by atoms with Gasteiger partial charge >= 0.3 is 0 Å². The molecule has 1 aliphatic rings. The number of hydrogen-bond donors (Lipinski definition) is 2. The van der Waals surface area contributed by atoms with Crippen molar-refractivity contribution in [3.8, 4) is 0 Å². The minimum Gasteiger partial charge on any atom is -0.355 e. The molecule has 1 fully saturated rings. The first-order valence-corrected chi connectivity index (χ1v) is 6.52. The first-order valence-electron chi connectivity index (χ1n) is 5.89. The third-order valence-corrected chi connectivity index (χ3v) is 3.65. The zero-order valence-electron chi connectivity index (χ0n) is 10.2. The Morgan fingerprint density at radius 1 is 1.44 bits per heavy atom. The lowest BCUT2D eigenvalue weighted by Crippen LogP contribution is -2.25. The summed E-state index contributed by atoms with van der Waals surface area (Å²) in [5.74, 6) is 1.04. The van der Waals surface area contributed by atoms with Gasteiger partial charge in [-0.2, -0.15) is 12.6 Å². The monoisotopic (exact) mass is 264 g/mol. The van der Waals surface area contributed by atoms with Gasteiger partial charge in [0.2, 0.25) is 5.91 Å². The molecule has 1 unspecified atom stereocenters. The summed E-state index contributed by atoms with van der Waals surface area (Å²) >= 11 is 4.23. The van der Waals surface area contributed by atoms with Crippen LogP contribution in [0.5, 0.6) is 0 Å². The van der Waals surface area contributed by atoms with Gasteiger partial charge in [-0.3, -0.25) is 9.59 Å². The van der Waals surface area contributed by atoms with E-state index in [0.29, 0.717) is 24.4 Å². The Kier molecular flexibility index (Phi) is 3.91. The summed E-state index contributed by atoms with van der Waals surface area (Å²) in [7, 11) is 1.59. The normalized spacial score (nSPS) is 19.1. The van der Waals surface area contributed by atoms with Crippen molar-refractivity contribution in [1.29, 1.82) is 0 Å². The molecule has 18 heavy (non-hydrogen) atoms. The second-order valence-electron chi connectivity index (χ2n) is 4.38. The summed E-state index contributed by atoms with van der Waals surface area (Å²) < 4.78 is 0. The number of benzene rings is 1. The van der Waals surface area contributed by atoms with E-state index < -0.39 is 0 Å². The molecule has 1 heterocycles. The van der Waals surface area contributed by atoms with Gasteiger partial charge in [-0.05, 0) is 35.9 Å². The van der Waals surface area contributed by atoms with Gasteiger partial charge in [-0.25, -0.2) is 0 Å². The lowest BCUT2D eigenvalue weighted by Gasteiger charge is -2.16. The van der Waals surface area contributed by atoms with Gasteiger partial charge < -0.3 is 10.2 Å². The van der Waals surface area contributed by atoms with Gasteiger partial charge in [0.1, 0.15) is 0 Å². The SMILES string of the molecule is CNC(=O)c1ccc(N2CC(CS)CC2=O)cc1. The summed E-state index contributed by atoms with van der Waals surface area (Å²) in [6.45, 7) is 0.710. The third kappa shape index (κ3) is 2.51. The Hall–Kier alpha value is -1.49. The number of nitrogens with zero attached hydrogens (tertiary/aromatic N) is 1. The Balaban J connectivity index is 2.15. The maximum Gasteiger partial charge on any atom is 0.251 e.